The van der Waals surface area contributed by atoms with Crippen LogP contribution in [0, 0.1) is 5.82 Å². The van der Waals surface area contributed by atoms with E-state index in [0.29, 0.717) is 24.3 Å². The Balaban J connectivity index is 1.60. The minimum atomic E-state index is -0.684. The maximum absolute atomic E-state index is 13.6. The fourth-order valence-electron chi connectivity index (χ4n) is 3.02. The highest BCUT2D eigenvalue weighted by Gasteiger charge is 2.30. The summed E-state index contributed by atoms with van der Waals surface area (Å²) >= 11 is 0. The molecule has 1 aliphatic rings. The van der Waals surface area contributed by atoms with Gasteiger partial charge in [-0.3, -0.25) is 9.59 Å². The number of para-hydroxylation sites is 2. The molecule has 2 amide bonds. The first-order valence-electron chi connectivity index (χ1n) is 8.81. The van der Waals surface area contributed by atoms with Crippen molar-refractivity contribution >= 4 is 17.5 Å². The Morgan fingerprint density at radius 3 is 2.70 bits per heavy atom. The molecule has 7 heteroatoms. The maximum Gasteiger partial charge on any atom is 0.262 e. The molecule has 0 saturated heterocycles. The molecule has 3 rings (SSSR count). The van der Waals surface area contributed by atoms with Crippen LogP contribution in [0.3, 0.4) is 0 Å². The van der Waals surface area contributed by atoms with Crippen molar-refractivity contribution in [1.82, 2.24) is 10.6 Å². The maximum atomic E-state index is 13.6. The normalized spacial score (nSPS) is 15.5. The van der Waals surface area contributed by atoms with Crippen LogP contribution in [-0.2, 0) is 16.0 Å². The topological polar surface area (TPSA) is 70.7 Å². The monoisotopic (exact) mass is 371 g/mol. The lowest BCUT2D eigenvalue weighted by atomic mass is 10.1. The molecule has 142 valence electrons. The molecule has 0 aliphatic carbocycles. The van der Waals surface area contributed by atoms with Gasteiger partial charge in [0, 0.05) is 13.6 Å². The number of hydrogen-bond acceptors (Lipinski definition) is 4. The standard InChI is InChI=1S/C20H22FN3O3/c1-22-20(26)18-12-24(16-8-4-5-9-17(16)27-18)13-19(25)23-11-10-14-6-2-3-7-15(14)21/h2-9,18H,10-13H2,1H3,(H,22,26)(H,23,25)/t18-/m0/s1. The zero-order chi connectivity index (χ0) is 19.2. The van der Waals surface area contributed by atoms with Crippen molar-refractivity contribution < 1.29 is 18.7 Å². The van der Waals surface area contributed by atoms with Crippen LogP contribution in [0.2, 0.25) is 0 Å². The minimum Gasteiger partial charge on any atom is -0.477 e. The number of likely N-dealkylation sites (N-methyl/N-ethyl adjacent to an activating group) is 1. The molecule has 2 aromatic rings. The van der Waals surface area contributed by atoms with Crippen molar-refractivity contribution in [2.24, 2.45) is 0 Å². The van der Waals surface area contributed by atoms with Crippen LogP contribution in [0.5, 0.6) is 5.75 Å². The van der Waals surface area contributed by atoms with E-state index in [2.05, 4.69) is 10.6 Å². The number of amides is 2. The van der Waals surface area contributed by atoms with Crippen molar-refractivity contribution in [2.45, 2.75) is 12.5 Å². The van der Waals surface area contributed by atoms with Crippen molar-refractivity contribution in [1.29, 1.82) is 0 Å². The van der Waals surface area contributed by atoms with Gasteiger partial charge in [-0.1, -0.05) is 30.3 Å². The summed E-state index contributed by atoms with van der Waals surface area (Å²) in [4.78, 5) is 26.1. The number of nitrogens with one attached hydrogen (secondary N) is 2. The number of hydrogen-bond donors (Lipinski definition) is 2. The average molecular weight is 371 g/mol. The molecular formula is C20H22FN3O3. The largest absolute Gasteiger partial charge is 0.477 e. The summed E-state index contributed by atoms with van der Waals surface area (Å²) in [5, 5.41) is 5.38. The molecule has 0 aromatic heterocycles. The van der Waals surface area contributed by atoms with Gasteiger partial charge in [-0.05, 0) is 30.2 Å². The molecule has 2 aromatic carbocycles. The molecule has 0 saturated carbocycles. The Bertz CT molecular complexity index is 828. The van der Waals surface area contributed by atoms with Gasteiger partial charge in [0.05, 0.1) is 18.8 Å². The van der Waals surface area contributed by atoms with Crippen molar-refractivity contribution in [2.75, 3.05) is 31.6 Å². The van der Waals surface area contributed by atoms with Crippen molar-refractivity contribution in [3.05, 3.63) is 59.9 Å². The van der Waals surface area contributed by atoms with Gasteiger partial charge in [0.2, 0.25) is 5.91 Å². The number of rotatable bonds is 6. The highest BCUT2D eigenvalue weighted by Crippen LogP contribution is 2.32. The van der Waals surface area contributed by atoms with Gasteiger partial charge in [0.15, 0.2) is 6.10 Å². The second kappa shape index (κ2) is 8.53. The summed E-state index contributed by atoms with van der Waals surface area (Å²) in [6, 6.07) is 13.8. The molecule has 0 spiro atoms. The highest BCUT2D eigenvalue weighted by atomic mass is 19.1. The number of fused-ring (bicyclic) bond motifs is 1. The molecular weight excluding hydrogens is 349 g/mol. The van der Waals surface area contributed by atoms with Crippen molar-refractivity contribution in [3.63, 3.8) is 0 Å². The Labute approximate surface area is 157 Å². The van der Waals surface area contributed by atoms with E-state index >= 15 is 0 Å². The quantitative estimate of drug-likeness (QED) is 0.807. The highest BCUT2D eigenvalue weighted by molar-refractivity contribution is 5.86. The van der Waals surface area contributed by atoms with Gasteiger partial charge in [-0.15, -0.1) is 0 Å². The summed E-state index contributed by atoms with van der Waals surface area (Å²) in [7, 11) is 1.55. The second-order valence-electron chi connectivity index (χ2n) is 6.26. The first-order chi connectivity index (χ1) is 13.1. The summed E-state index contributed by atoms with van der Waals surface area (Å²) in [6.45, 7) is 0.702. The molecule has 0 bridgehead atoms. The number of ether oxygens (including phenoxy) is 1. The van der Waals surface area contributed by atoms with Gasteiger partial charge in [-0.25, -0.2) is 4.39 Å². The third-order valence-electron chi connectivity index (χ3n) is 4.41. The molecule has 0 fully saturated rings. The molecule has 0 radical (unpaired) electrons. The second-order valence-corrected chi connectivity index (χ2v) is 6.26. The first kappa shape index (κ1) is 18.7. The van der Waals surface area contributed by atoms with Gasteiger partial charge < -0.3 is 20.3 Å². The van der Waals surface area contributed by atoms with E-state index in [1.54, 1.807) is 31.3 Å². The fraction of sp³-hybridized carbons (Fsp3) is 0.300. The van der Waals surface area contributed by atoms with E-state index in [4.69, 9.17) is 4.74 Å². The summed E-state index contributed by atoms with van der Waals surface area (Å²) in [5.41, 5.74) is 1.33. The van der Waals surface area contributed by atoms with Crippen LogP contribution < -0.4 is 20.3 Å². The van der Waals surface area contributed by atoms with Crippen LogP contribution in [0.15, 0.2) is 48.5 Å². The zero-order valence-corrected chi connectivity index (χ0v) is 15.1. The molecule has 2 N–H and O–H groups in total. The lowest BCUT2D eigenvalue weighted by Crippen LogP contribution is -2.50. The summed E-state index contributed by atoms with van der Waals surface area (Å²) < 4.78 is 19.4. The van der Waals surface area contributed by atoms with Gasteiger partial charge in [-0.2, -0.15) is 0 Å². The van der Waals surface area contributed by atoms with Gasteiger partial charge in [0.25, 0.3) is 5.91 Å². The average Bonchev–Trinajstić information content (AvgIpc) is 2.68. The van der Waals surface area contributed by atoms with Crippen molar-refractivity contribution in [3.8, 4) is 5.75 Å². The van der Waals surface area contributed by atoms with Crippen LogP contribution in [0.25, 0.3) is 0 Å². The number of benzene rings is 2. The molecule has 6 nitrogen and oxygen atoms in total. The van der Waals surface area contributed by atoms with Crippen LogP contribution in [0.1, 0.15) is 5.56 Å². The number of nitrogens with zero attached hydrogens (tertiary/aromatic N) is 1. The number of anilines is 1. The van der Waals surface area contributed by atoms with Crippen LogP contribution in [-0.4, -0.2) is 44.6 Å². The molecule has 27 heavy (non-hydrogen) atoms. The van der Waals surface area contributed by atoms with E-state index in [1.807, 2.05) is 23.1 Å². The molecule has 1 atom stereocenters. The summed E-state index contributed by atoms with van der Waals surface area (Å²) in [5.74, 6) is -0.146. The van der Waals surface area contributed by atoms with E-state index < -0.39 is 6.10 Å². The third kappa shape index (κ3) is 4.55. The van der Waals surface area contributed by atoms with E-state index in [1.165, 1.54) is 6.07 Å². The molecule has 0 unspecified atom stereocenters. The van der Waals surface area contributed by atoms with Crippen LogP contribution in [0.4, 0.5) is 10.1 Å². The zero-order valence-electron chi connectivity index (χ0n) is 15.1. The van der Waals surface area contributed by atoms with E-state index in [0.717, 1.165) is 5.69 Å². The molecule has 1 heterocycles. The summed E-state index contributed by atoms with van der Waals surface area (Å²) in [6.07, 6.45) is -0.269. The Morgan fingerprint density at radius 1 is 1.19 bits per heavy atom. The lowest BCUT2D eigenvalue weighted by Gasteiger charge is -2.35. The Morgan fingerprint density at radius 2 is 1.93 bits per heavy atom. The first-order valence-corrected chi connectivity index (χ1v) is 8.81. The van der Waals surface area contributed by atoms with E-state index in [9.17, 15) is 14.0 Å². The lowest BCUT2D eigenvalue weighted by molar-refractivity contribution is -0.127. The predicted octanol–water partition coefficient (Wildman–Crippen LogP) is 1.50. The Hall–Kier alpha value is -3.09. The van der Waals surface area contributed by atoms with Gasteiger partial charge >= 0.3 is 0 Å². The van der Waals surface area contributed by atoms with Crippen LogP contribution >= 0.6 is 0 Å². The third-order valence-corrected chi connectivity index (χ3v) is 4.41. The predicted molar refractivity (Wildman–Crippen MR) is 100 cm³/mol. The van der Waals surface area contributed by atoms with Gasteiger partial charge in [0.1, 0.15) is 11.6 Å². The molecule has 1 aliphatic heterocycles. The minimum absolute atomic E-state index is 0.0884. The number of carbonyl (C=O) groups excluding carboxylic acids is 2. The van der Waals surface area contributed by atoms with E-state index in [-0.39, 0.29) is 30.7 Å². The Kier molecular flexibility index (Phi) is 5.90. The number of carbonyl (C=O) groups is 2. The SMILES string of the molecule is CNC(=O)[C@@H]1CN(CC(=O)NCCc2ccccc2F)c2ccccc2O1. The number of halogens is 1. The fourth-order valence-corrected chi connectivity index (χ4v) is 3.02. The smallest absolute Gasteiger partial charge is 0.262 e.